The number of nitrogens with one attached hydrogen (secondary N) is 1. The first-order valence-electron chi connectivity index (χ1n) is 7.94. The van der Waals surface area contributed by atoms with Crippen molar-refractivity contribution in [2.75, 3.05) is 0 Å². The molecular formula is C19H18FN3O2. The third kappa shape index (κ3) is 3.10. The molecule has 2 aromatic heterocycles. The lowest BCUT2D eigenvalue weighted by Crippen LogP contribution is -2.20. The van der Waals surface area contributed by atoms with Crippen LogP contribution in [0.25, 0.3) is 22.0 Å². The number of amides is 1. The van der Waals surface area contributed by atoms with Crippen LogP contribution in [0, 0.1) is 5.82 Å². The van der Waals surface area contributed by atoms with E-state index in [9.17, 15) is 14.0 Å². The van der Waals surface area contributed by atoms with Crippen LogP contribution < -0.4 is 11.3 Å². The summed E-state index contributed by atoms with van der Waals surface area (Å²) >= 11 is 0. The molecule has 0 aliphatic heterocycles. The number of H-pyrrole nitrogens is 1. The van der Waals surface area contributed by atoms with Crippen molar-refractivity contribution in [2.45, 2.75) is 19.9 Å². The standard InChI is InChI=1S/C19H18FN3O2/c1-2-3-4-9-23-11-15(13-7-8-22-17(13)19(23)25)14-10-12(18(21)24)5-6-16(14)20/h2-3,5-8,10-11,22H,4,9H2,1H3,(H2,21,24)/b3-2+. The Hall–Kier alpha value is -3.15. The summed E-state index contributed by atoms with van der Waals surface area (Å²) in [6.45, 7) is 2.38. The highest BCUT2D eigenvalue weighted by Gasteiger charge is 2.15. The number of hydrogen-bond acceptors (Lipinski definition) is 2. The number of pyridine rings is 1. The second-order valence-corrected chi connectivity index (χ2v) is 5.72. The van der Waals surface area contributed by atoms with Crippen LogP contribution in [-0.2, 0) is 6.54 Å². The molecule has 6 heteroatoms. The second-order valence-electron chi connectivity index (χ2n) is 5.72. The molecule has 1 aromatic carbocycles. The maximum absolute atomic E-state index is 14.4. The van der Waals surface area contributed by atoms with E-state index in [2.05, 4.69) is 4.98 Å². The molecule has 0 saturated carbocycles. The summed E-state index contributed by atoms with van der Waals surface area (Å²) in [6.07, 6.45) is 7.83. The summed E-state index contributed by atoms with van der Waals surface area (Å²) in [4.78, 5) is 26.9. The number of hydrogen-bond donors (Lipinski definition) is 2. The molecule has 0 spiro atoms. The van der Waals surface area contributed by atoms with Crippen LogP contribution in [0.4, 0.5) is 4.39 Å². The zero-order valence-electron chi connectivity index (χ0n) is 13.8. The van der Waals surface area contributed by atoms with Crippen molar-refractivity contribution < 1.29 is 9.18 Å². The number of aromatic amines is 1. The van der Waals surface area contributed by atoms with E-state index < -0.39 is 11.7 Å². The highest BCUT2D eigenvalue weighted by molar-refractivity contribution is 5.98. The van der Waals surface area contributed by atoms with Crippen molar-refractivity contribution in [3.8, 4) is 11.1 Å². The smallest absolute Gasteiger partial charge is 0.274 e. The Balaban J connectivity index is 2.24. The van der Waals surface area contributed by atoms with Crippen LogP contribution in [0.5, 0.6) is 0 Å². The van der Waals surface area contributed by atoms with Crippen LogP contribution >= 0.6 is 0 Å². The topological polar surface area (TPSA) is 80.9 Å². The van der Waals surface area contributed by atoms with Crippen LogP contribution in [0.3, 0.4) is 0 Å². The van der Waals surface area contributed by atoms with Gasteiger partial charge in [0.25, 0.3) is 5.56 Å². The first-order valence-corrected chi connectivity index (χ1v) is 7.94. The second kappa shape index (κ2) is 6.76. The number of carbonyl (C=O) groups excluding carboxylic acids is 1. The SMILES string of the molecule is C/C=C/CCn1cc(-c2cc(C(N)=O)ccc2F)c2cc[nH]c2c1=O. The zero-order chi connectivity index (χ0) is 18.0. The highest BCUT2D eigenvalue weighted by Crippen LogP contribution is 2.29. The molecule has 3 N–H and O–H groups in total. The third-order valence-corrected chi connectivity index (χ3v) is 4.11. The minimum atomic E-state index is -0.632. The van der Waals surface area contributed by atoms with Crippen LogP contribution in [0.2, 0.25) is 0 Å². The third-order valence-electron chi connectivity index (χ3n) is 4.11. The Bertz CT molecular complexity index is 1030. The molecule has 0 saturated heterocycles. The molecule has 3 rings (SSSR count). The Labute approximate surface area is 143 Å². The molecule has 3 aromatic rings. The van der Waals surface area contributed by atoms with E-state index in [-0.39, 0.29) is 16.7 Å². The summed E-state index contributed by atoms with van der Waals surface area (Å²) < 4.78 is 16.0. The molecule has 0 aliphatic rings. The van der Waals surface area contributed by atoms with Gasteiger partial charge in [-0.15, -0.1) is 0 Å². The Morgan fingerprint density at radius 1 is 1.32 bits per heavy atom. The summed E-state index contributed by atoms with van der Waals surface area (Å²) in [5, 5.41) is 0.604. The van der Waals surface area contributed by atoms with Gasteiger partial charge in [-0.05, 0) is 37.6 Å². The first-order chi connectivity index (χ1) is 12.0. The van der Waals surface area contributed by atoms with Gasteiger partial charge in [-0.1, -0.05) is 12.2 Å². The van der Waals surface area contributed by atoms with E-state index in [0.717, 1.165) is 0 Å². The van der Waals surface area contributed by atoms with Gasteiger partial charge in [-0.3, -0.25) is 9.59 Å². The average molecular weight is 339 g/mol. The Morgan fingerprint density at radius 2 is 2.12 bits per heavy atom. The largest absolute Gasteiger partial charge is 0.366 e. The van der Waals surface area contributed by atoms with Crippen LogP contribution in [0.15, 0.2) is 53.6 Å². The lowest BCUT2D eigenvalue weighted by atomic mass is 10.0. The summed E-state index contributed by atoms with van der Waals surface area (Å²) in [7, 11) is 0. The molecule has 0 atom stereocenters. The van der Waals surface area contributed by atoms with Crippen molar-refractivity contribution in [3.63, 3.8) is 0 Å². The molecule has 0 unspecified atom stereocenters. The van der Waals surface area contributed by atoms with Crippen molar-refractivity contribution in [1.29, 1.82) is 0 Å². The van der Waals surface area contributed by atoms with Gasteiger partial charge in [-0.25, -0.2) is 4.39 Å². The number of allylic oxidation sites excluding steroid dienone is 2. The molecule has 0 fully saturated rings. The normalized spacial score (nSPS) is 11.4. The first kappa shape index (κ1) is 16.7. The molecule has 25 heavy (non-hydrogen) atoms. The van der Waals surface area contributed by atoms with Crippen molar-refractivity contribution in [1.82, 2.24) is 9.55 Å². The van der Waals surface area contributed by atoms with Gasteiger partial charge in [-0.2, -0.15) is 0 Å². The molecule has 128 valence electrons. The maximum atomic E-state index is 14.4. The lowest BCUT2D eigenvalue weighted by Gasteiger charge is -2.11. The summed E-state index contributed by atoms with van der Waals surface area (Å²) in [5.41, 5.74) is 6.54. The van der Waals surface area contributed by atoms with E-state index >= 15 is 0 Å². The Morgan fingerprint density at radius 3 is 2.84 bits per heavy atom. The van der Waals surface area contributed by atoms with Gasteiger partial charge in [0.2, 0.25) is 5.91 Å². The number of carbonyl (C=O) groups is 1. The van der Waals surface area contributed by atoms with E-state index in [4.69, 9.17) is 5.73 Å². The molecule has 0 bridgehead atoms. The predicted molar refractivity (Wildman–Crippen MR) is 95.9 cm³/mol. The fourth-order valence-corrected chi connectivity index (χ4v) is 2.84. The average Bonchev–Trinajstić information content (AvgIpc) is 3.08. The summed E-state index contributed by atoms with van der Waals surface area (Å²) in [5.74, 6) is -1.11. The van der Waals surface area contributed by atoms with Crippen molar-refractivity contribution in [2.24, 2.45) is 5.73 Å². The van der Waals surface area contributed by atoms with Gasteiger partial charge in [0.1, 0.15) is 11.3 Å². The van der Waals surface area contributed by atoms with Crippen molar-refractivity contribution in [3.05, 3.63) is 70.5 Å². The number of fused-ring (bicyclic) bond motifs is 1. The number of halogens is 1. The molecule has 5 nitrogen and oxygen atoms in total. The fourth-order valence-electron chi connectivity index (χ4n) is 2.84. The van der Waals surface area contributed by atoms with E-state index in [1.54, 1.807) is 23.0 Å². The number of rotatable bonds is 5. The highest BCUT2D eigenvalue weighted by atomic mass is 19.1. The number of primary amides is 1. The summed E-state index contributed by atoms with van der Waals surface area (Å²) in [6, 6.07) is 5.69. The molecule has 0 radical (unpaired) electrons. The van der Waals surface area contributed by atoms with E-state index in [1.807, 2.05) is 19.1 Å². The van der Waals surface area contributed by atoms with E-state index in [0.29, 0.717) is 29.4 Å². The monoisotopic (exact) mass is 339 g/mol. The molecule has 1 amide bonds. The van der Waals surface area contributed by atoms with E-state index in [1.165, 1.54) is 18.2 Å². The zero-order valence-corrected chi connectivity index (χ0v) is 13.8. The molecule has 2 heterocycles. The fraction of sp³-hybridized carbons (Fsp3) is 0.158. The van der Waals surface area contributed by atoms with Crippen LogP contribution in [0.1, 0.15) is 23.7 Å². The quantitative estimate of drug-likeness (QED) is 0.700. The van der Waals surface area contributed by atoms with Crippen molar-refractivity contribution >= 4 is 16.8 Å². The number of nitrogens with zero attached hydrogens (tertiary/aromatic N) is 1. The Kier molecular flexibility index (Phi) is 4.52. The van der Waals surface area contributed by atoms with Crippen LogP contribution in [-0.4, -0.2) is 15.5 Å². The maximum Gasteiger partial charge on any atom is 0.274 e. The minimum absolute atomic E-state index is 0.167. The molecule has 0 aliphatic carbocycles. The van der Waals surface area contributed by atoms with Gasteiger partial charge in [0.15, 0.2) is 0 Å². The lowest BCUT2D eigenvalue weighted by molar-refractivity contribution is 0.100. The molecular weight excluding hydrogens is 321 g/mol. The van der Waals surface area contributed by atoms with Gasteiger partial charge in [0.05, 0.1) is 0 Å². The number of aryl methyl sites for hydroxylation is 1. The number of benzene rings is 1. The number of nitrogens with two attached hydrogens (primary N) is 1. The van der Waals surface area contributed by atoms with Gasteiger partial charge < -0.3 is 15.3 Å². The van der Waals surface area contributed by atoms with Gasteiger partial charge >= 0.3 is 0 Å². The number of aromatic nitrogens is 2. The predicted octanol–water partition coefficient (Wildman–Crippen LogP) is 3.20. The van der Waals surface area contributed by atoms with Gasteiger partial charge in [0, 0.05) is 41.0 Å². The minimum Gasteiger partial charge on any atom is -0.366 e.